The SMILES string of the molecule is CC1Cc2[nH]ncc2C(c2cncnc2)N1S(=O)(=O)c1ccc(Cl)cc1. The summed E-state index contributed by atoms with van der Waals surface area (Å²) in [5.74, 6) is 0. The molecule has 0 aliphatic carbocycles. The average molecular weight is 390 g/mol. The van der Waals surface area contributed by atoms with Crippen LogP contribution in [0.5, 0.6) is 0 Å². The minimum absolute atomic E-state index is 0.197. The van der Waals surface area contributed by atoms with Gasteiger partial charge in [0.2, 0.25) is 10.0 Å². The quantitative estimate of drug-likeness (QED) is 0.743. The monoisotopic (exact) mass is 389 g/mol. The van der Waals surface area contributed by atoms with Crippen molar-refractivity contribution in [2.45, 2.75) is 30.3 Å². The van der Waals surface area contributed by atoms with Crippen molar-refractivity contribution in [3.8, 4) is 0 Å². The van der Waals surface area contributed by atoms with Gasteiger partial charge < -0.3 is 0 Å². The van der Waals surface area contributed by atoms with Crippen LogP contribution in [0.3, 0.4) is 0 Å². The van der Waals surface area contributed by atoms with E-state index in [9.17, 15) is 8.42 Å². The summed E-state index contributed by atoms with van der Waals surface area (Å²) in [6.07, 6.45) is 6.91. The second-order valence-electron chi connectivity index (χ2n) is 6.22. The molecular weight excluding hydrogens is 374 g/mol. The second kappa shape index (κ2) is 6.46. The summed E-state index contributed by atoms with van der Waals surface area (Å²) in [5, 5.41) is 7.57. The first-order valence-electron chi connectivity index (χ1n) is 8.04. The van der Waals surface area contributed by atoms with Gasteiger partial charge in [-0.3, -0.25) is 5.10 Å². The number of halogens is 1. The van der Waals surface area contributed by atoms with Crippen molar-refractivity contribution in [3.05, 3.63) is 71.0 Å². The fourth-order valence-electron chi connectivity index (χ4n) is 3.38. The third-order valence-electron chi connectivity index (χ3n) is 4.52. The number of fused-ring (bicyclic) bond motifs is 1. The molecule has 2 atom stereocenters. The molecule has 7 nitrogen and oxygen atoms in total. The number of sulfonamides is 1. The lowest BCUT2D eigenvalue weighted by molar-refractivity contribution is 0.268. The van der Waals surface area contributed by atoms with E-state index in [0.29, 0.717) is 17.0 Å². The van der Waals surface area contributed by atoms with E-state index >= 15 is 0 Å². The van der Waals surface area contributed by atoms with Crippen molar-refractivity contribution in [2.75, 3.05) is 0 Å². The Labute approximate surface area is 156 Å². The van der Waals surface area contributed by atoms with Crippen molar-refractivity contribution >= 4 is 21.6 Å². The Morgan fingerprint density at radius 1 is 1.15 bits per heavy atom. The van der Waals surface area contributed by atoms with Crippen LogP contribution < -0.4 is 0 Å². The molecule has 0 amide bonds. The van der Waals surface area contributed by atoms with E-state index in [1.165, 1.54) is 22.8 Å². The molecule has 0 saturated carbocycles. The number of nitrogens with zero attached hydrogens (tertiary/aromatic N) is 4. The molecular formula is C17H16ClN5O2S. The smallest absolute Gasteiger partial charge is 0.244 e. The van der Waals surface area contributed by atoms with Gasteiger partial charge in [0.05, 0.1) is 17.1 Å². The summed E-state index contributed by atoms with van der Waals surface area (Å²) in [6.45, 7) is 1.88. The Morgan fingerprint density at radius 2 is 1.85 bits per heavy atom. The number of rotatable bonds is 3. The van der Waals surface area contributed by atoms with Crippen molar-refractivity contribution in [3.63, 3.8) is 0 Å². The van der Waals surface area contributed by atoms with Gasteiger partial charge in [0, 0.05) is 46.7 Å². The number of benzene rings is 1. The number of aromatic nitrogens is 4. The van der Waals surface area contributed by atoms with E-state index in [2.05, 4.69) is 20.2 Å². The van der Waals surface area contributed by atoms with Gasteiger partial charge in [-0.15, -0.1) is 0 Å². The van der Waals surface area contributed by atoms with Crippen LogP contribution in [0, 0.1) is 0 Å². The molecule has 4 rings (SSSR count). The zero-order valence-electron chi connectivity index (χ0n) is 13.9. The lowest BCUT2D eigenvalue weighted by atomic mass is 9.93. The van der Waals surface area contributed by atoms with Gasteiger partial charge in [-0.2, -0.15) is 9.40 Å². The van der Waals surface area contributed by atoms with Gasteiger partial charge in [0.1, 0.15) is 6.33 Å². The van der Waals surface area contributed by atoms with Gasteiger partial charge in [0.15, 0.2) is 0 Å². The third-order valence-corrected chi connectivity index (χ3v) is 6.77. The molecule has 0 saturated heterocycles. The standard InChI is InChI=1S/C17H16ClN5O2S/c1-11-6-16-15(9-21-22-16)17(12-7-19-10-20-8-12)23(11)26(24,25)14-4-2-13(18)3-5-14/h2-5,7-11,17H,6H2,1H3,(H,21,22). The molecule has 0 spiro atoms. The van der Waals surface area contributed by atoms with Crippen LogP contribution in [-0.2, 0) is 16.4 Å². The number of aromatic amines is 1. The minimum atomic E-state index is -3.77. The van der Waals surface area contributed by atoms with Crippen LogP contribution in [0.1, 0.15) is 29.8 Å². The van der Waals surface area contributed by atoms with Crippen LogP contribution in [0.25, 0.3) is 0 Å². The highest BCUT2D eigenvalue weighted by atomic mass is 35.5. The molecule has 0 radical (unpaired) electrons. The van der Waals surface area contributed by atoms with Crippen LogP contribution >= 0.6 is 11.6 Å². The third kappa shape index (κ3) is 2.80. The molecule has 2 aromatic heterocycles. The zero-order valence-corrected chi connectivity index (χ0v) is 15.4. The highest BCUT2D eigenvalue weighted by Gasteiger charge is 2.42. The summed E-state index contributed by atoms with van der Waals surface area (Å²) < 4.78 is 28.4. The molecule has 3 aromatic rings. The first-order valence-corrected chi connectivity index (χ1v) is 9.86. The number of hydrogen-bond donors (Lipinski definition) is 1. The van der Waals surface area contributed by atoms with E-state index in [-0.39, 0.29) is 10.9 Å². The van der Waals surface area contributed by atoms with Gasteiger partial charge >= 0.3 is 0 Å². The van der Waals surface area contributed by atoms with Crippen LogP contribution in [0.2, 0.25) is 5.02 Å². The maximum Gasteiger partial charge on any atom is 0.244 e. The van der Waals surface area contributed by atoms with Crippen molar-refractivity contribution in [1.82, 2.24) is 24.5 Å². The summed E-state index contributed by atoms with van der Waals surface area (Å²) in [4.78, 5) is 8.32. The molecule has 134 valence electrons. The number of nitrogens with one attached hydrogen (secondary N) is 1. The number of H-pyrrole nitrogens is 1. The van der Waals surface area contributed by atoms with Crippen LogP contribution in [0.4, 0.5) is 0 Å². The fourth-order valence-corrected chi connectivity index (χ4v) is 5.29. The summed E-state index contributed by atoms with van der Waals surface area (Å²) >= 11 is 5.92. The van der Waals surface area contributed by atoms with E-state index < -0.39 is 16.1 Å². The fraction of sp³-hybridized carbons (Fsp3) is 0.235. The van der Waals surface area contributed by atoms with Crippen molar-refractivity contribution in [2.24, 2.45) is 0 Å². The molecule has 1 aliphatic heterocycles. The van der Waals surface area contributed by atoms with Crippen LogP contribution in [-0.4, -0.2) is 38.9 Å². The Morgan fingerprint density at radius 3 is 2.54 bits per heavy atom. The predicted molar refractivity (Wildman–Crippen MR) is 96.1 cm³/mol. The Bertz CT molecular complexity index is 1020. The molecule has 1 N–H and O–H groups in total. The molecule has 1 aliphatic rings. The molecule has 3 heterocycles. The Kier molecular flexibility index (Phi) is 4.26. The maximum absolute atomic E-state index is 13.4. The van der Waals surface area contributed by atoms with E-state index in [4.69, 9.17) is 11.6 Å². The highest BCUT2D eigenvalue weighted by molar-refractivity contribution is 7.89. The minimum Gasteiger partial charge on any atom is -0.282 e. The summed E-state index contributed by atoms with van der Waals surface area (Å²) in [5.41, 5.74) is 2.43. The largest absolute Gasteiger partial charge is 0.282 e. The average Bonchev–Trinajstić information content (AvgIpc) is 3.09. The predicted octanol–water partition coefficient (Wildman–Crippen LogP) is 2.58. The first kappa shape index (κ1) is 17.1. The molecule has 0 bridgehead atoms. The van der Waals surface area contributed by atoms with E-state index in [0.717, 1.165) is 11.3 Å². The normalized spacial score (nSPS) is 20.7. The summed E-state index contributed by atoms with van der Waals surface area (Å²) in [6, 6.07) is 5.38. The van der Waals surface area contributed by atoms with Gasteiger partial charge in [-0.25, -0.2) is 18.4 Å². The van der Waals surface area contributed by atoms with Gasteiger partial charge in [-0.05, 0) is 31.2 Å². The molecule has 2 unspecified atom stereocenters. The maximum atomic E-state index is 13.4. The molecule has 9 heteroatoms. The number of hydrogen-bond acceptors (Lipinski definition) is 5. The Balaban J connectivity index is 1.89. The lowest BCUT2D eigenvalue weighted by Crippen LogP contribution is -2.46. The molecule has 0 fully saturated rings. The van der Waals surface area contributed by atoms with E-state index in [1.807, 2.05) is 6.92 Å². The molecule has 1 aromatic carbocycles. The highest BCUT2D eigenvalue weighted by Crippen LogP contribution is 2.40. The van der Waals surface area contributed by atoms with Crippen LogP contribution in [0.15, 0.2) is 54.1 Å². The van der Waals surface area contributed by atoms with Gasteiger partial charge in [-0.1, -0.05) is 11.6 Å². The zero-order chi connectivity index (χ0) is 18.3. The topological polar surface area (TPSA) is 91.8 Å². The van der Waals surface area contributed by atoms with Crippen molar-refractivity contribution in [1.29, 1.82) is 0 Å². The van der Waals surface area contributed by atoms with Crippen molar-refractivity contribution < 1.29 is 8.42 Å². The molecule has 26 heavy (non-hydrogen) atoms. The van der Waals surface area contributed by atoms with Gasteiger partial charge in [0.25, 0.3) is 0 Å². The lowest BCUT2D eigenvalue weighted by Gasteiger charge is -2.39. The first-order chi connectivity index (χ1) is 12.5. The Hall–Kier alpha value is -2.29. The second-order valence-corrected chi connectivity index (χ2v) is 8.50. The summed E-state index contributed by atoms with van der Waals surface area (Å²) in [7, 11) is -3.77. The van der Waals surface area contributed by atoms with E-state index in [1.54, 1.807) is 30.7 Å².